The lowest BCUT2D eigenvalue weighted by atomic mass is 10.1. The smallest absolute Gasteiger partial charge is 0.323 e. The summed E-state index contributed by atoms with van der Waals surface area (Å²) < 4.78 is 10.7. The minimum atomic E-state index is -0.504. The van der Waals surface area contributed by atoms with Crippen LogP contribution in [-0.4, -0.2) is 47.7 Å². The van der Waals surface area contributed by atoms with Crippen molar-refractivity contribution in [3.63, 3.8) is 0 Å². The van der Waals surface area contributed by atoms with Gasteiger partial charge < -0.3 is 9.47 Å². The predicted molar refractivity (Wildman–Crippen MR) is 80.9 cm³/mol. The molecule has 0 aromatic rings. The number of rotatable bonds is 6. The van der Waals surface area contributed by atoms with Gasteiger partial charge in [0.2, 0.25) is 0 Å². The lowest BCUT2D eigenvalue weighted by Crippen LogP contribution is -2.49. The number of nitrogens with zero attached hydrogens (tertiary/aromatic N) is 1. The van der Waals surface area contributed by atoms with Gasteiger partial charge in [-0.2, -0.15) is 0 Å². The van der Waals surface area contributed by atoms with Gasteiger partial charge in [-0.15, -0.1) is 0 Å². The predicted octanol–water partition coefficient (Wildman–Crippen LogP) is 2.52. The Labute approximate surface area is 128 Å². The zero-order chi connectivity index (χ0) is 16.0. The molecule has 0 saturated carbocycles. The van der Waals surface area contributed by atoms with Gasteiger partial charge in [0, 0.05) is 0 Å². The number of carbonyl (C=O) groups is 2. The first-order chi connectivity index (χ1) is 9.80. The fourth-order valence-electron chi connectivity index (χ4n) is 2.72. The van der Waals surface area contributed by atoms with E-state index < -0.39 is 5.60 Å². The third-order valence-corrected chi connectivity index (χ3v) is 3.49. The maximum absolute atomic E-state index is 12.3. The molecule has 0 radical (unpaired) electrons. The second-order valence-corrected chi connectivity index (χ2v) is 6.49. The summed E-state index contributed by atoms with van der Waals surface area (Å²) in [6, 6.07) is -0.667. The maximum atomic E-state index is 12.3. The van der Waals surface area contributed by atoms with Crippen LogP contribution >= 0.6 is 0 Å². The van der Waals surface area contributed by atoms with Gasteiger partial charge in [0.05, 0.1) is 6.61 Å². The zero-order valence-corrected chi connectivity index (χ0v) is 14.0. The van der Waals surface area contributed by atoms with E-state index in [-0.39, 0.29) is 24.0 Å². The molecule has 1 aliphatic rings. The van der Waals surface area contributed by atoms with Crippen molar-refractivity contribution in [2.45, 2.75) is 78.0 Å². The Bertz CT molecular complexity index is 362. The minimum Gasteiger partial charge on any atom is -0.465 e. The van der Waals surface area contributed by atoms with Crippen LogP contribution in [0.4, 0.5) is 0 Å². The molecule has 0 spiro atoms. The highest BCUT2D eigenvalue weighted by atomic mass is 16.6. The Balaban J connectivity index is 2.81. The SMILES string of the molecule is CCCC(C(=O)OCC)N1CCC[C@H]1C(=O)OC(C)(C)C. The zero-order valence-electron chi connectivity index (χ0n) is 14.0. The standard InChI is InChI=1S/C16H29NO4/c1-6-9-12(14(18)20-7-2)17-11-8-10-13(17)15(19)21-16(3,4)5/h12-13H,6-11H2,1-5H3/t12?,13-/m0/s1. The van der Waals surface area contributed by atoms with Gasteiger partial charge in [-0.1, -0.05) is 13.3 Å². The summed E-state index contributed by atoms with van der Waals surface area (Å²) in [6.07, 6.45) is 3.23. The molecule has 0 amide bonds. The molecule has 2 atom stereocenters. The number of ether oxygens (including phenoxy) is 2. The molecule has 0 aromatic carbocycles. The van der Waals surface area contributed by atoms with E-state index in [1.165, 1.54) is 0 Å². The normalized spacial score (nSPS) is 21.1. The monoisotopic (exact) mass is 299 g/mol. The summed E-state index contributed by atoms with van der Waals surface area (Å²) >= 11 is 0. The van der Waals surface area contributed by atoms with Crippen LogP contribution in [0.15, 0.2) is 0 Å². The fourth-order valence-corrected chi connectivity index (χ4v) is 2.72. The summed E-state index contributed by atoms with van der Waals surface area (Å²) in [4.78, 5) is 26.5. The van der Waals surface area contributed by atoms with Gasteiger partial charge >= 0.3 is 11.9 Å². The number of hydrogen-bond acceptors (Lipinski definition) is 5. The number of hydrogen-bond donors (Lipinski definition) is 0. The Morgan fingerprint density at radius 1 is 1.29 bits per heavy atom. The van der Waals surface area contributed by atoms with Crippen LogP contribution in [0.5, 0.6) is 0 Å². The van der Waals surface area contributed by atoms with Gasteiger partial charge in [0.25, 0.3) is 0 Å². The minimum absolute atomic E-state index is 0.227. The van der Waals surface area contributed by atoms with Crippen LogP contribution in [-0.2, 0) is 19.1 Å². The van der Waals surface area contributed by atoms with Crippen molar-refractivity contribution in [3.05, 3.63) is 0 Å². The van der Waals surface area contributed by atoms with E-state index in [0.717, 1.165) is 25.8 Å². The van der Waals surface area contributed by atoms with Crippen molar-refractivity contribution < 1.29 is 19.1 Å². The highest BCUT2D eigenvalue weighted by molar-refractivity contribution is 5.80. The first-order valence-corrected chi connectivity index (χ1v) is 7.95. The molecule has 5 heteroatoms. The van der Waals surface area contributed by atoms with Crippen molar-refractivity contribution in [1.82, 2.24) is 4.90 Å². The summed E-state index contributed by atoms with van der Waals surface area (Å²) in [6.45, 7) is 10.5. The third kappa shape index (κ3) is 5.30. The molecular formula is C16H29NO4. The Morgan fingerprint density at radius 2 is 1.95 bits per heavy atom. The molecule has 1 aliphatic heterocycles. The van der Waals surface area contributed by atoms with Crippen LogP contribution in [0.25, 0.3) is 0 Å². The molecule has 1 saturated heterocycles. The number of carbonyl (C=O) groups excluding carboxylic acids is 2. The quantitative estimate of drug-likeness (QED) is 0.705. The largest absolute Gasteiger partial charge is 0.465 e. The Morgan fingerprint density at radius 3 is 2.48 bits per heavy atom. The molecule has 0 bridgehead atoms. The Hall–Kier alpha value is -1.10. The topological polar surface area (TPSA) is 55.8 Å². The molecule has 1 rings (SSSR count). The summed E-state index contributed by atoms with van der Waals surface area (Å²) in [5.41, 5.74) is -0.504. The van der Waals surface area contributed by atoms with Crippen LogP contribution < -0.4 is 0 Å². The highest BCUT2D eigenvalue weighted by Crippen LogP contribution is 2.25. The van der Waals surface area contributed by atoms with Crippen LogP contribution in [0.1, 0.15) is 60.3 Å². The van der Waals surface area contributed by atoms with Crippen molar-refractivity contribution in [1.29, 1.82) is 0 Å². The molecule has 0 N–H and O–H groups in total. The summed E-state index contributed by atoms with van der Waals surface area (Å²) in [5.74, 6) is -0.458. The van der Waals surface area contributed by atoms with Crippen LogP contribution in [0.2, 0.25) is 0 Å². The average molecular weight is 299 g/mol. The summed E-state index contributed by atoms with van der Waals surface area (Å²) in [7, 11) is 0. The van der Waals surface area contributed by atoms with Gasteiger partial charge in [0.15, 0.2) is 0 Å². The van der Waals surface area contributed by atoms with Crippen LogP contribution in [0, 0.1) is 0 Å². The average Bonchev–Trinajstić information content (AvgIpc) is 2.83. The van der Waals surface area contributed by atoms with E-state index >= 15 is 0 Å². The first-order valence-electron chi connectivity index (χ1n) is 7.95. The lowest BCUT2D eigenvalue weighted by molar-refractivity contribution is -0.163. The van der Waals surface area contributed by atoms with Gasteiger partial charge in [-0.05, 0) is 53.5 Å². The van der Waals surface area contributed by atoms with Crippen molar-refractivity contribution >= 4 is 11.9 Å². The molecular weight excluding hydrogens is 270 g/mol. The molecule has 0 aliphatic carbocycles. The van der Waals surface area contributed by atoms with Gasteiger partial charge in [-0.25, -0.2) is 0 Å². The van der Waals surface area contributed by atoms with Crippen molar-refractivity contribution in [2.75, 3.05) is 13.2 Å². The molecule has 0 aromatic heterocycles. The van der Waals surface area contributed by atoms with E-state index in [2.05, 4.69) is 0 Å². The maximum Gasteiger partial charge on any atom is 0.323 e. The molecule has 122 valence electrons. The first kappa shape index (κ1) is 18.0. The number of esters is 2. The second-order valence-electron chi connectivity index (χ2n) is 6.49. The van der Waals surface area contributed by atoms with Gasteiger partial charge in [-0.3, -0.25) is 14.5 Å². The van der Waals surface area contributed by atoms with E-state index in [4.69, 9.17) is 9.47 Å². The molecule has 1 unspecified atom stereocenters. The fraction of sp³-hybridized carbons (Fsp3) is 0.875. The van der Waals surface area contributed by atoms with Crippen LogP contribution in [0.3, 0.4) is 0 Å². The molecule has 5 nitrogen and oxygen atoms in total. The lowest BCUT2D eigenvalue weighted by Gasteiger charge is -2.32. The van der Waals surface area contributed by atoms with E-state index in [1.807, 2.05) is 32.6 Å². The van der Waals surface area contributed by atoms with Gasteiger partial charge in [0.1, 0.15) is 17.7 Å². The van der Waals surface area contributed by atoms with E-state index in [0.29, 0.717) is 13.0 Å². The Kier molecular flexibility index (Phi) is 6.65. The summed E-state index contributed by atoms with van der Waals surface area (Å²) in [5, 5.41) is 0. The molecule has 21 heavy (non-hydrogen) atoms. The second kappa shape index (κ2) is 7.78. The third-order valence-electron chi connectivity index (χ3n) is 3.49. The van der Waals surface area contributed by atoms with E-state index in [9.17, 15) is 9.59 Å². The molecule has 1 heterocycles. The van der Waals surface area contributed by atoms with E-state index in [1.54, 1.807) is 6.92 Å². The van der Waals surface area contributed by atoms with Crippen molar-refractivity contribution in [2.24, 2.45) is 0 Å². The number of likely N-dealkylation sites (tertiary alicyclic amines) is 1. The highest BCUT2D eigenvalue weighted by Gasteiger charge is 2.40. The van der Waals surface area contributed by atoms with Crippen molar-refractivity contribution in [3.8, 4) is 0 Å². The molecule has 1 fully saturated rings.